The number of amides is 1. The van der Waals surface area contributed by atoms with Gasteiger partial charge in [0.25, 0.3) is 11.5 Å². The number of pyridine rings is 1. The second kappa shape index (κ2) is 11.3. The molecule has 10 nitrogen and oxygen atoms in total. The third kappa shape index (κ3) is 5.90. The molecular formula is C22H19ClIN5O5S. The molecule has 0 radical (unpaired) electrons. The highest BCUT2D eigenvalue weighted by Crippen LogP contribution is 2.28. The van der Waals surface area contributed by atoms with E-state index in [-0.39, 0.29) is 24.6 Å². The Kier molecular flexibility index (Phi) is 8.18. The second-order valence-corrected chi connectivity index (χ2v) is 9.97. The molecule has 0 saturated carbocycles. The lowest BCUT2D eigenvalue weighted by atomic mass is 10.2. The van der Waals surface area contributed by atoms with Gasteiger partial charge in [-0.25, -0.2) is 4.68 Å². The van der Waals surface area contributed by atoms with Crippen LogP contribution in [0.1, 0.15) is 15.4 Å². The van der Waals surface area contributed by atoms with Gasteiger partial charge in [0.2, 0.25) is 0 Å². The predicted octanol–water partition coefficient (Wildman–Crippen LogP) is 2.40. The lowest BCUT2D eigenvalue weighted by Crippen LogP contribution is -2.23. The molecule has 1 unspecified atom stereocenters. The van der Waals surface area contributed by atoms with Crippen LogP contribution in [-0.4, -0.2) is 55.0 Å². The van der Waals surface area contributed by atoms with Crippen molar-refractivity contribution in [3.8, 4) is 17.1 Å². The zero-order valence-electron chi connectivity index (χ0n) is 18.0. The van der Waals surface area contributed by atoms with Gasteiger partial charge >= 0.3 is 0 Å². The number of thiophene rings is 1. The lowest BCUT2D eigenvalue weighted by Gasteiger charge is -2.16. The first-order valence-corrected chi connectivity index (χ1v) is 12.5. The molecule has 3 N–H and O–H groups in total. The van der Waals surface area contributed by atoms with Crippen LogP contribution in [0.4, 0.5) is 0 Å². The number of aromatic nitrogens is 4. The minimum atomic E-state index is -1.09. The van der Waals surface area contributed by atoms with Crippen molar-refractivity contribution in [1.29, 1.82) is 0 Å². The highest BCUT2D eigenvalue weighted by Gasteiger charge is 2.18. The fourth-order valence-corrected chi connectivity index (χ4v) is 4.69. The molecule has 0 saturated heterocycles. The van der Waals surface area contributed by atoms with Gasteiger partial charge in [-0.15, -0.1) is 16.4 Å². The smallest absolute Gasteiger partial charge is 0.261 e. The molecule has 0 aliphatic rings. The number of ether oxygens (including phenoxy) is 1. The number of halogens is 2. The summed E-state index contributed by atoms with van der Waals surface area (Å²) in [6.45, 7) is -0.495. The maximum atomic E-state index is 12.3. The maximum Gasteiger partial charge on any atom is 0.261 e. The quantitative estimate of drug-likeness (QED) is 0.243. The van der Waals surface area contributed by atoms with Gasteiger partial charge in [-0.3, -0.25) is 14.2 Å². The maximum absolute atomic E-state index is 12.3. The van der Waals surface area contributed by atoms with Crippen LogP contribution in [-0.2, 0) is 6.54 Å². The van der Waals surface area contributed by atoms with Gasteiger partial charge in [-0.1, -0.05) is 22.9 Å². The summed E-state index contributed by atoms with van der Waals surface area (Å²) in [5.41, 5.74) is 1.36. The van der Waals surface area contributed by atoms with Crippen LogP contribution in [0.2, 0.25) is 4.34 Å². The van der Waals surface area contributed by atoms with E-state index >= 15 is 0 Å². The van der Waals surface area contributed by atoms with E-state index in [4.69, 9.17) is 21.4 Å². The molecule has 4 aromatic rings. The summed E-state index contributed by atoms with van der Waals surface area (Å²) in [6.07, 6.45) is 0.544. The first-order valence-electron chi connectivity index (χ1n) is 10.2. The summed E-state index contributed by atoms with van der Waals surface area (Å²) in [5, 5.41) is 30.1. The fraction of sp³-hybridized carbons (Fsp3) is 0.182. The monoisotopic (exact) mass is 627 g/mol. The van der Waals surface area contributed by atoms with Crippen LogP contribution >= 0.6 is 45.5 Å². The van der Waals surface area contributed by atoms with Crippen LogP contribution in [0.15, 0.2) is 59.5 Å². The fourth-order valence-electron chi connectivity index (χ4n) is 3.07. The van der Waals surface area contributed by atoms with E-state index in [0.29, 0.717) is 35.7 Å². The van der Waals surface area contributed by atoms with Gasteiger partial charge in [0.1, 0.15) is 33.5 Å². The molecule has 0 spiro atoms. The average molecular weight is 628 g/mol. The molecule has 3 heterocycles. The SMILES string of the molecule is O=C(NCc1nnn(-c2ccc(-n3ccccc3=O)cc2OCC(O)CO)c1I)c1ccc(Cl)s1. The number of hydrogen-bond donors (Lipinski definition) is 3. The molecule has 0 bridgehead atoms. The van der Waals surface area contributed by atoms with E-state index in [1.807, 2.05) is 0 Å². The van der Waals surface area contributed by atoms with E-state index in [9.17, 15) is 14.7 Å². The van der Waals surface area contributed by atoms with Crippen molar-refractivity contribution in [1.82, 2.24) is 24.9 Å². The van der Waals surface area contributed by atoms with Crippen LogP contribution in [0, 0.1) is 3.70 Å². The molecule has 35 heavy (non-hydrogen) atoms. The van der Waals surface area contributed by atoms with E-state index in [1.165, 1.54) is 26.7 Å². The normalized spacial score (nSPS) is 11.9. The standard InChI is InChI=1S/C22H19ClIN5O5S/c23-19-7-6-18(35-19)22(33)25-10-15-21(24)29(27-26-15)16-5-4-13(28-8-2-1-3-20(28)32)9-17(16)34-12-14(31)11-30/h1-9,14,30-31H,10-12H2,(H,25,33). The second-order valence-electron chi connectivity index (χ2n) is 7.23. The Morgan fingerprint density at radius 2 is 2.09 bits per heavy atom. The number of hydrogen-bond acceptors (Lipinski definition) is 8. The molecular weight excluding hydrogens is 609 g/mol. The molecule has 13 heteroatoms. The zero-order valence-corrected chi connectivity index (χ0v) is 21.7. The van der Waals surface area contributed by atoms with Gasteiger partial charge in [0.05, 0.1) is 28.1 Å². The van der Waals surface area contributed by atoms with Crippen molar-refractivity contribution in [2.75, 3.05) is 13.2 Å². The molecule has 182 valence electrons. The van der Waals surface area contributed by atoms with Crippen LogP contribution < -0.4 is 15.6 Å². The topological polar surface area (TPSA) is 132 Å². The Balaban J connectivity index is 1.62. The van der Waals surface area contributed by atoms with Crippen LogP contribution in [0.5, 0.6) is 5.75 Å². The van der Waals surface area contributed by atoms with Gasteiger partial charge in [0.15, 0.2) is 0 Å². The number of nitrogens with zero attached hydrogens (tertiary/aromatic N) is 4. The number of carbonyl (C=O) groups is 1. The molecule has 0 fully saturated rings. The highest BCUT2D eigenvalue weighted by atomic mass is 127. The summed E-state index contributed by atoms with van der Waals surface area (Å²) < 4.78 is 9.90. The molecule has 0 aliphatic carbocycles. The number of rotatable bonds is 9. The first-order chi connectivity index (χ1) is 16.9. The van der Waals surface area contributed by atoms with Gasteiger partial charge in [-0.2, -0.15) is 0 Å². The summed E-state index contributed by atoms with van der Waals surface area (Å²) in [7, 11) is 0. The van der Waals surface area contributed by atoms with Crippen LogP contribution in [0.3, 0.4) is 0 Å². The number of carbonyl (C=O) groups excluding carboxylic acids is 1. The van der Waals surface area contributed by atoms with Gasteiger partial charge < -0.3 is 20.3 Å². The third-order valence-electron chi connectivity index (χ3n) is 4.81. The van der Waals surface area contributed by atoms with Crippen molar-refractivity contribution in [3.05, 3.63) is 83.7 Å². The summed E-state index contributed by atoms with van der Waals surface area (Å²) in [6, 6.07) is 13.2. The highest BCUT2D eigenvalue weighted by molar-refractivity contribution is 14.1. The number of aliphatic hydroxyl groups is 2. The van der Waals surface area contributed by atoms with Gasteiger partial charge in [0, 0.05) is 18.3 Å². The summed E-state index contributed by atoms with van der Waals surface area (Å²) in [5.74, 6) is 0.0456. The number of benzene rings is 1. The van der Waals surface area contributed by atoms with E-state index in [2.05, 4.69) is 38.2 Å². The minimum absolute atomic E-state index is 0.142. The molecule has 3 aromatic heterocycles. The largest absolute Gasteiger partial charge is 0.488 e. The van der Waals surface area contributed by atoms with E-state index in [1.54, 1.807) is 48.7 Å². The Morgan fingerprint density at radius 3 is 2.80 bits per heavy atom. The Bertz CT molecular complexity index is 1400. The summed E-state index contributed by atoms with van der Waals surface area (Å²) in [4.78, 5) is 25.1. The molecule has 1 atom stereocenters. The van der Waals surface area contributed by atoms with Crippen molar-refractivity contribution in [3.63, 3.8) is 0 Å². The predicted molar refractivity (Wildman–Crippen MR) is 139 cm³/mol. The Morgan fingerprint density at radius 1 is 1.26 bits per heavy atom. The number of aliphatic hydroxyl groups excluding tert-OH is 2. The van der Waals surface area contributed by atoms with Gasteiger partial charge in [-0.05, 0) is 52.9 Å². The Hall–Kier alpha value is -2.78. The lowest BCUT2D eigenvalue weighted by molar-refractivity contribution is 0.0535. The van der Waals surface area contributed by atoms with Crippen molar-refractivity contribution < 1.29 is 19.7 Å². The molecule has 4 rings (SSSR count). The summed E-state index contributed by atoms with van der Waals surface area (Å²) >= 11 is 9.14. The van der Waals surface area contributed by atoms with Crippen molar-refractivity contribution in [2.24, 2.45) is 0 Å². The van der Waals surface area contributed by atoms with Crippen LogP contribution in [0.25, 0.3) is 11.4 Å². The third-order valence-corrected chi connectivity index (χ3v) is 7.12. The number of nitrogens with one attached hydrogen (secondary N) is 1. The molecule has 1 amide bonds. The Labute approximate surface area is 221 Å². The van der Waals surface area contributed by atoms with E-state index < -0.39 is 12.7 Å². The average Bonchev–Trinajstić information content (AvgIpc) is 3.46. The zero-order chi connectivity index (χ0) is 24.9. The minimum Gasteiger partial charge on any atom is -0.488 e. The van der Waals surface area contributed by atoms with Crippen molar-refractivity contribution >= 4 is 51.4 Å². The molecule has 1 aromatic carbocycles. The van der Waals surface area contributed by atoms with Crippen molar-refractivity contribution in [2.45, 2.75) is 12.6 Å². The molecule has 0 aliphatic heterocycles. The van der Waals surface area contributed by atoms with E-state index in [0.717, 1.165) is 0 Å². The first kappa shape index (κ1) is 25.3.